The molecule has 0 radical (unpaired) electrons. The monoisotopic (exact) mass is 358 g/mol. The standard InChI is InChI=1S/C22H22N4O/c23-21(20-12-6-8-17-7-4-5-11-19(17)20)25-22(26-13-15-27-16-14-26)24-18-9-2-1-3-10-18/h1-12H,13-16H2,(H2,23,24,25). The number of hydrogen-bond acceptors (Lipinski definition) is 2. The maximum absolute atomic E-state index is 6.43. The van der Waals surface area contributed by atoms with E-state index in [-0.39, 0.29) is 0 Å². The molecule has 1 fully saturated rings. The van der Waals surface area contributed by atoms with Crippen molar-refractivity contribution in [1.82, 2.24) is 4.90 Å². The van der Waals surface area contributed by atoms with Gasteiger partial charge in [0.05, 0.1) is 18.9 Å². The zero-order valence-corrected chi connectivity index (χ0v) is 15.1. The maximum atomic E-state index is 6.43. The number of rotatable bonds is 2. The molecular weight excluding hydrogens is 336 g/mol. The summed E-state index contributed by atoms with van der Waals surface area (Å²) in [5.74, 6) is 1.09. The summed E-state index contributed by atoms with van der Waals surface area (Å²) < 4.78 is 5.47. The number of amidine groups is 1. The van der Waals surface area contributed by atoms with E-state index in [1.807, 2.05) is 54.6 Å². The number of morpholine rings is 1. The van der Waals surface area contributed by atoms with Crippen LogP contribution in [0.4, 0.5) is 5.69 Å². The fourth-order valence-corrected chi connectivity index (χ4v) is 3.16. The van der Waals surface area contributed by atoms with Crippen molar-refractivity contribution in [3.63, 3.8) is 0 Å². The Labute approximate surface area is 158 Å². The summed E-state index contributed by atoms with van der Waals surface area (Å²) in [6.45, 7) is 2.82. The minimum Gasteiger partial charge on any atom is -0.383 e. The maximum Gasteiger partial charge on any atom is 0.228 e. The van der Waals surface area contributed by atoms with Gasteiger partial charge in [0.1, 0.15) is 5.84 Å². The number of aliphatic imine (C=N–C) groups is 2. The molecule has 4 rings (SSSR count). The second-order valence-corrected chi connectivity index (χ2v) is 6.37. The molecule has 3 aromatic carbocycles. The molecule has 5 heteroatoms. The average Bonchev–Trinajstić information content (AvgIpc) is 2.74. The predicted molar refractivity (Wildman–Crippen MR) is 111 cm³/mol. The largest absolute Gasteiger partial charge is 0.383 e. The van der Waals surface area contributed by atoms with Crippen molar-refractivity contribution in [2.24, 2.45) is 15.7 Å². The minimum absolute atomic E-state index is 0.466. The topological polar surface area (TPSA) is 63.2 Å². The van der Waals surface area contributed by atoms with Gasteiger partial charge < -0.3 is 15.4 Å². The minimum atomic E-state index is 0.466. The van der Waals surface area contributed by atoms with Crippen LogP contribution in [0, 0.1) is 0 Å². The number of guanidine groups is 1. The van der Waals surface area contributed by atoms with Crippen molar-refractivity contribution >= 4 is 28.3 Å². The van der Waals surface area contributed by atoms with Crippen LogP contribution in [0.25, 0.3) is 10.8 Å². The fourth-order valence-electron chi connectivity index (χ4n) is 3.16. The lowest BCUT2D eigenvalue weighted by Crippen LogP contribution is -2.40. The third-order valence-electron chi connectivity index (χ3n) is 4.57. The molecule has 1 heterocycles. The number of para-hydroxylation sites is 1. The molecule has 0 amide bonds. The van der Waals surface area contributed by atoms with E-state index in [9.17, 15) is 0 Å². The normalized spacial score (nSPS) is 15.9. The number of benzene rings is 3. The van der Waals surface area contributed by atoms with E-state index in [2.05, 4.69) is 23.1 Å². The van der Waals surface area contributed by atoms with Crippen LogP contribution in [0.3, 0.4) is 0 Å². The summed E-state index contributed by atoms with van der Waals surface area (Å²) in [5, 5.41) is 2.23. The van der Waals surface area contributed by atoms with Crippen LogP contribution in [-0.4, -0.2) is 43.0 Å². The number of nitrogens with zero attached hydrogens (tertiary/aromatic N) is 3. The quantitative estimate of drug-likeness (QED) is 0.563. The van der Waals surface area contributed by atoms with Gasteiger partial charge in [-0.1, -0.05) is 60.7 Å². The van der Waals surface area contributed by atoms with Crippen molar-refractivity contribution in [3.05, 3.63) is 78.4 Å². The Morgan fingerprint density at radius 2 is 1.56 bits per heavy atom. The first-order chi connectivity index (χ1) is 13.3. The first-order valence-corrected chi connectivity index (χ1v) is 9.10. The molecule has 0 spiro atoms. The highest BCUT2D eigenvalue weighted by Crippen LogP contribution is 2.19. The van der Waals surface area contributed by atoms with Gasteiger partial charge in [0.2, 0.25) is 5.96 Å². The van der Waals surface area contributed by atoms with Gasteiger partial charge in [-0.15, -0.1) is 0 Å². The Balaban J connectivity index is 1.76. The Morgan fingerprint density at radius 3 is 2.37 bits per heavy atom. The van der Waals surface area contributed by atoms with E-state index in [4.69, 9.17) is 20.5 Å². The second kappa shape index (κ2) is 8.01. The van der Waals surface area contributed by atoms with Gasteiger partial charge in [-0.05, 0) is 22.9 Å². The van der Waals surface area contributed by atoms with E-state index in [0.717, 1.165) is 35.1 Å². The molecule has 1 saturated heterocycles. The summed E-state index contributed by atoms with van der Waals surface area (Å²) in [4.78, 5) is 11.6. The zero-order valence-electron chi connectivity index (χ0n) is 15.1. The number of fused-ring (bicyclic) bond motifs is 1. The molecule has 0 bridgehead atoms. The SMILES string of the molecule is NC(=NC(=Nc1ccccc1)N1CCOCC1)c1cccc2ccccc12. The summed E-state index contributed by atoms with van der Waals surface area (Å²) in [6, 6.07) is 24.1. The third-order valence-corrected chi connectivity index (χ3v) is 4.57. The lowest BCUT2D eigenvalue weighted by Gasteiger charge is -2.27. The molecule has 0 unspecified atom stereocenters. The van der Waals surface area contributed by atoms with E-state index in [1.54, 1.807) is 0 Å². The van der Waals surface area contributed by atoms with Gasteiger partial charge in [-0.25, -0.2) is 4.99 Å². The molecule has 1 aliphatic heterocycles. The molecule has 0 aliphatic carbocycles. The molecule has 0 aromatic heterocycles. The summed E-state index contributed by atoms with van der Waals surface area (Å²) in [7, 11) is 0. The summed E-state index contributed by atoms with van der Waals surface area (Å²) in [6.07, 6.45) is 0. The second-order valence-electron chi connectivity index (χ2n) is 6.37. The van der Waals surface area contributed by atoms with Gasteiger partial charge in [0.25, 0.3) is 0 Å². The highest BCUT2D eigenvalue weighted by molar-refractivity contribution is 6.12. The van der Waals surface area contributed by atoms with Crippen molar-refractivity contribution < 1.29 is 4.74 Å². The van der Waals surface area contributed by atoms with Crippen LogP contribution in [0.1, 0.15) is 5.56 Å². The third kappa shape index (κ3) is 3.99. The molecule has 27 heavy (non-hydrogen) atoms. The molecule has 136 valence electrons. The van der Waals surface area contributed by atoms with E-state index in [1.165, 1.54) is 0 Å². The van der Waals surface area contributed by atoms with Crippen LogP contribution in [0.15, 0.2) is 82.8 Å². The van der Waals surface area contributed by atoms with Crippen LogP contribution in [0.2, 0.25) is 0 Å². The van der Waals surface area contributed by atoms with Gasteiger partial charge in [0, 0.05) is 18.7 Å². The fraction of sp³-hybridized carbons (Fsp3) is 0.182. The average molecular weight is 358 g/mol. The Morgan fingerprint density at radius 1 is 0.852 bits per heavy atom. The first-order valence-electron chi connectivity index (χ1n) is 9.10. The lowest BCUT2D eigenvalue weighted by molar-refractivity contribution is 0.0676. The van der Waals surface area contributed by atoms with Crippen LogP contribution < -0.4 is 5.73 Å². The molecule has 2 N–H and O–H groups in total. The molecule has 5 nitrogen and oxygen atoms in total. The van der Waals surface area contributed by atoms with Crippen LogP contribution >= 0.6 is 0 Å². The van der Waals surface area contributed by atoms with Gasteiger partial charge in [-0.2, -0.15) is 4.99 Å². The Bertz CT molecular complexity index is 971. The lowest BCUT2D eigenvalue weighted by atomic mass is 10.0. The Hall–Kier alpha value is -3.18. The highest BCUT2D eigenvalue weighted by Gasteiger charge is 2.16. The smallest absolute Gasteiger partial charge is 0.228 e. The first kappa shape index (κ1) is 17.2. The number of nitrogens with two attached hydrogens (primary N) is 1. The van der Waals surface area contributed by atoms with Crippen molar-refractivity contribution in [2.45, 2.75) is 0 Å². The number of ether oxygens (including phenoxy) is 1. The molecule has 1 aliphatic rings. The molecule has 3 aromatic rings. The van der Waals surface area contributed by atoms with Crippen molar-refractivity contribution in [2.75, 3.05) is 26.3 Å². The van der Waals surface area contributed by atoms with Crippen molar-refractivity contribution in [3.8, 4) is 0 Å². The van der Waals surface area contributed by atoms with E-state index >= 15 is 0 Å². The van der Waals surface area contributed by atoms with Crippen LogP contribution in [0.5, 0.6) is 0 Å². The van der Waals surface area contributed by atoms with Gasteiger partial charge in [0.15, 0.2) is 0 Å². The van der Waals surface area contributed by atoms with E-state index in [0.29, 0.717) is 25.0 Å². The van der Waals surface area contributed by atoms with E-state index < -0.39 is 0 Å². The highest BCUT2D eigenvalue weighted by atomic mass is 16.5. The van der Waals surface area contributed by atoms with Gasteiger partial charge in [-0.3, -0.25) is 0 Å². The molecular formula is C22H22N4O. The van der Waals surface area contributed by atoms with Crippen molar-refractivity contribution in [1.29, 1.82) is 0 Å². The predicted octanol–water partition coefficient (Wildman–Crippen LogP) is 3.57. The van der Waals surface area contributed by atoms with Gasteiger partial charge >= 0.3 is 0 Å². The zero-order chi connectivity index (χ0) is 18.5. The molecule has 0 atom stereocenters. The Kier molecular flexibility index (Phi) is 5.12. The summed E-state index contributed by atoms with van der Waals surface area (Å²) >= 11 is 0. The van der Waals surface area contributed by atoms with Crippen LogP contribution in [-0.2, 0) is 4.74 Å². The summed E-state index contributed by atoms with van der Waals surface area (Å²) in [5.41, 5.74) is 8.21. The molecule has 0 saturated carbocycles. The number of hydrogen-bond donors (Lipinski definition) is 1.